The summed E-state index contributed by atoms with van der Waals surface area (Å²) in [5.41, 5.74) is 2.04. The van der Waals surface area contributed by atoms with Crippen LogP contribution >= 0.6 is 0 Å². The molecule has 2 aromatic rings. The first-order chi connectivity index (χ1) is 12.1. The van der Waals surface area contributed by atoms with Crippen LogP contribution in [-0.4, -0.2) is 45.3 Å². The third-order valence-corrected chi connectivity index (χ3v) is 5.14. The molecule has 0 unspecified atom stereocenters. The van der Waals surface area contributed by atoms with Gasteiger partial charge in [-0.2, -0.15) is 0 Å². The minimum absolute atomic E-state index is 0.000303. The number of nitrogens with one attached hydrogen (secondary N) is 1. The van der Waals surface area contributed by atoms with Gasteiger partial charge in [0.1, 0.15) is 0 Å². The number of rotatable bonds is 3. The molecule has 6 nitrogen and oxygen atoms in total. The Bertz CT molecular complexity index is 791. The summed E-state index contributed by atoms with van der Waals surface area (Å²) in [7, 11) is 0. The van der Waals surface area contributed by atoms with Crippen molar-refractivity contribution in [2.75, 3.05) is 6.54 Å². The van der Waals surface area contributed by atoms with Crippen LogP contribution < -0.4 is 5.32 Å². The first-order valence-corrected chi connectivity index (χ1v) is 8.56. The molecule has 2 aromatic heterocycles. The van der Waals surface area contributed by atoms with Crippen molar-refractivity contribution in [3.05, 3.63) is 59.7 Å². The zero-order valence-electron chi connectivity index (χ0n) is 14.1. The first-order valence-electron chi connectivity index (χ1n) is 8.56. The van der Waals surface area contributed by atoms with E-state index in [9.17, 15) is 9.59 Å². The van der Waals surface area contributed by atoms with Gasteiger partial charge in [0.2, 0.25) is 0 Å². The fourth-order valence-corrected chi connectivity index (χ4v) is 3.92. The number of piperidine rings is 1. The lowest BCUT2D eigenvalue weighted by molar-refractivity contribution is 0.0648. The van der Waals surface area contributed by atoms with E-state index in [0.29, 0.717) is 17.0 Å². The van der Waals surface area contributed by atoms with Crippen molar-refractivity contribution in [2.24, 2.45) is 5.92 Å². The van der Waals surface area contributed by atoms with Crippen LogP contribution in [0.3, 0.4) is 0 Å². The van der Waals surface area contributed by atoms with Crippen molar-refractivity contribution < 1.29 is 9.59 Å². The summed E-state index contributed by atoms with van der Waals surface area (Å²) in [6.45, 7) is 2.66. The van der Waals surface area contributed by atoms with Crippen molar-refractivity contribution in [2.45, 2.75) is 31.8 Å². The Morgan fingerprint density at radius 3 is 2.72 bits per heavy atom. The standard InChI is InChI=1S/C19H20N4O2/c1-12-4-5-15(10-21-12)19(25)23-11-13-7-16(17(23)8-13)22-18(24)14-3-2-6-20-9-14/h2-6,9-10,13,16-17H,7-8,11H2,1H3,(H,22,24)/t13-,16+,17-/m1/s1. The topological polar surface area (TPSA) is 75.2 Å². The van der Waals surface area contributed by atoms with Gasteiger partial charge in [-0.25, -0.2) is 0 Å². The van der Waals surface area contributed by atoms with Gasteiger partial charge in [-0.3, -0.25) is 19.6 Å². The average molecular weight is 336 g/mol. The van der Waals surface area contributed by atoms with E-state index in [1.807, 2.05) is 24.0 Å². The van der Waals surface area contributed by atoms with E-state index in [1.54, 1.807) is 30.7 Å². The van der Waals surface area contributed by atoms with Gasteiger partial charge < -0.3 is 10.2 Å². The lowest BCUT2D eigenvalue weighted by Crippen LogP contribution is -2.52. The van der Waals surface area contributed by atoms with Crippen LogP contribution in [0.25, 0.3) is 0 Å². The Morgan fingerprint density at radius 1 is 1.16 bits per heavy atom. The van der Waals surface area contributed by atoms with Crippen molar-refractivity contribution in [1.82, 2.24) is 20.2 Å². The molecule has 3 atom stereocenters. The molecule has 1 saturated carbocycles. The number of carbonyl (C=O) groups is 2. The minimum atomic E-state index is -0.130. The average Bonchev–Trinajstić information content (AvgIpc) is 3.23. The van der Waals surface area contributed by atoms with Gasteiger partial charge in [0.05, 0.1) is 17.2 Å². The number of aromatic nitrogens is 2. The molecule has 3 heterocycles. The zero-order chi connectivity index (χ0) is 17.4. The highest BCUT2D eigenvalue weighted by atomic mass is 16.2. The Balaban J connectivity index is 1.47. The summed E-state index contributed by atoms with van der Waals surface area (Å²) in [6.07, 6.45) is 6.70. The lowest BCUT2D eigenvalue weighted by atomic mass is 10.0. The van der Waals surface area contributed by atoms with Gasteiger partial charge in [0.25, 0.3) is 11.8 Å². The molecule has 0 radical (unpaired) electrons. The van der Waals surface area contributed by atoms with E-state index in [1.165, 1.54) is 0 Å². The Morgan fingerprint density at radius 2 is 2.04 bits per heavy atom. The third-order valence-electron chi connectivity index (χ3n) is 5.14. The monoisotopic (exact) mass is 336 g/mol. The molecule has 4 rings (SSSR count). The van der Waals surface area contributed by atoms with Gasteiger partial charge >= 0.3 is 0 Å². The summed E-state index contributed by atoms with van der Waals surface area (Å²) >= 11 is 0. The van der Waals surface area contributed by atoms with E-state index >= 15 is 0 Å². The quantitative estimate of drug-likeness (QED) is 0.928. The number of nitrogens with zero attached hydrogens (tertiary/aromatic N) is 3. The third kappa shape index (κ3) is 2.99. The molecule has 1 aliphatic carbocycles. The normalized spacial score (nSPS) is 24.4. The molecule has 1 aliphatic heterocycles. The maximum atomic E-state index is 12.8. The van der Waals surface area contributed by atoms with E-state index in [-0.39, 0.29) is 23.9 Å². The molecule has 2 bridgehead atoms. The number of fused-ring (bicyclic) bond motifs is 2. The fourth-order valence-electron chi connectivity index (χ4n) is 3.92. The summed E-state index contributed by atoms with van der Waals surface area (Å²) in [6, 6.07) is 7.21. The van der Waals surface area contributed by atoms with Gasteiger partial charge in [-0.15, -0.1) is 0 Å². The lowest BCUT2D eigenvalue weighted by Gasteiger charge is -2.33. The van der Waals surface area contributed by atoms with Crippen molar-refractivity contribution in [3.63, 3.8) is 0 Å². The Hall–Kier alpha value is -2.76. The summed E-state index contributed by atoms with van der Waals surface area (Å²) < 4.78 is 0. The van der Waals surface area contributed by atoms with Crippen molar-refractivity contribution in [1.29, 1.82) is 0 Å². The highest BCUT2D eigenvalue weighted by Crippen LogP contribution is 2.38. The van der Waals surface area contributed by atoms with E-state index in [4.69, 9.17) is 0 Å². The maximum absolute atomic E-state index is 12.8. The SMILES string of the molecule is Cc1ccc(C(=O)N2C[C@@H]3C[C@H](NC(=O)c4cccnc4)[C@H]2C3)cn1. The molecular weight excluding hydrogens is 316 g/mol. The van der Waals surface area contributed by atoms with Crippen LogP contribution in [0.5, 0.6) is 0 Å². The fraction of sp³-hybridized carbons (Fsp3) is 0.368. The van der Waals surface area contributed by atoms with E-state index < -0.39 is 0 Å². The highest BCUT2D eigenvalue weighted by Gasteiger charge is 2.47. The van der Waals surface area contributed by atoms with Crippen molar-refractivity contribution in [3.8, 4) is 0 Å². The highest BCUT2D eigenvalue weighted by molar-refractivity contribution is 5.95. The second-order valence-corrected chi connectivity index (χ2v) is 6.87. The van der Waals surface area contributed by atoms with Crippen LogP contribution in [0.2, 0.25) is 0 Å². The molecule has 128 valence electrons. The number of likely N-dealkylation sites (tertiary alicyclic amines) is 1. The molecule has 2 amide bonds. The molecule has 2 aliphatic rings. The number of aryl methyl sites for hydroxylation is 1. The van der Waals surface area contributed by atoms with E-state index in [2.05, 4.69) is 15.3 Å². The molecule has 0 spiro atoms. The number of hydrogen-bond donors (Lipinski definition) is 1. The van der Waals surface area contributed by atoms with Crippen LogP contribution in [0.15, 0.2) is 42.9 Å². The second-order valence-electron chi connectivity index (χ2n) is 6.87. The molecule has 2 fully saturated rings. The molecule has 1 N–H and O–H groups in total. The number of carbonyl (C=O) groups excluding carboxylic acids is 2. The smallest absolute Gasteiger partial charge is 0.255 e. The summed E-state index contributed by atoms with van der Waals surface area (Å²) in [5, 5.41) is 3.08. The number of pyridine rings is 2. The van der Waals surface area contributed by atoms with E-state index in [0.717, 1.165) is 25.1 Å². The molecule has 1 saturated heterocycles. The van der Waals surface area contributed by atoms with Crippen LogP contribution in [0.1, 0.15) is 39.3 Å². The van der Waals surface area contributed by atoms with Gasteiger partial charge in [-0.05, 0) is 49.9 Å². The van der Waals surface area contributed by atoms with Gasteiger partial charge in [0.15, 0.2) is 0 Å². The zero-order valence-corrected chi connectivity index (χ0v) is 14.1. The van der Waals surface area contributed by atoms with Gasteiger partial charge in [0, 0.05) is 36.9 Å². The van der Waals surface area contributed by atoms with Crippen LogP contribution in [0, 0.1) is 12.8 Å². The predicted octanol–water partition coefficient (Wildman–Crippen LogP) is 1.82. The number of amides is 2. The van der Waals surface area contributed by atoms with Crippen LogP contribution in [-0.2, 0) is 0 Å². The summed E-state index contributed by atoms with van der Waals surface area (Å²) in [4.78, 5) is 35.3. The summed E-state index contributed by atoms with van der Waals surface area (Å²) in [5.74, 6) is 0.321. The second kappa shape index (κ2) is 6.27. The molecule has 6 heteroatoms. The predicted molar refractivity (Wildman–Crippen MR) is 92.0 cm³/mol. The minimum Gasteiger partial charge on any atom is -0.347 e. The Kier molecular flexibility index (Phi) is 3.95. The number of hydrogen-bond acceptors (Lipinski definition) is 4. The van der Waals surface area contributed by atoms with Gasteiger partial charge in [-0.1, -0.05) is 0 Å². The molecule has 0 aromatic carbocycles. The largest absolute Gasteiger partial charge is 0.347 e. The Labute approximate surface area is 146 Å². The van der Waals surface area contributed by atoms with Crippen LogP contribution in [0.4, 0.5) is 0 Å². The van der Waals surface area contributed by atoms with Crippen molar-refractivity contribution >= 4 is 11.8 Å². The molecular formula is C19H20N4O2. The molecule has 25 heavy (non-hydrogen) atoms. The first kappa shape index (κ1) is 15.7. The maximum Gasteiger partial charge on any atom is 0.255 e.